The Hall–Kier alpha value is -1.29. The molecule has 124 valence electrons. The molecular weight excluding hydrogens is 299 g/mol. The van der Waals surface area contributed by atoms with E-state index in [4.69, 9.17) is 9.26 Å². The van der Waals surface area contributed by atoms with Gasteiger partial charge in [0.2, 0.25) is 0 Å². The summed E-state index contributed by atoms with van der Waals surface area (Å²) >= 11 is 0. The van der Waals surface area contributed by atoms with Crippen molar-refractivity contribution in [3.8, 4) is 11.5 Å². The Balaban J connectivity index is 3.39. The highest BCUT2D eigenvalue weighted by atomic mass is 31.2. The van der Waals surface area contributed by atoms with Crippen molar-refractivity contribution in [3.05, 3.63) is 35.9 Å². The van der Waals surface area contributed by atoms with Crippen LogP contribution in [0.25, 0.3) is 0 Å². The number of rotatable bonds is 8. The number of aryl methyl sites for hydroxylation is 1. The Morgan fingerprint density at radius 1 is 1.23 bits per heavy atom. The molecule has 0 unspecified atom stereocenters. The molecule has 0 aliphatic heterocycles. The number of hydrogen-bond donors (Lipinski definition) is 0. The second-order valence-corrected chi connectivity index (χ2v) is 8.17. The van der Waals surface area contributed by atoms with Crippen LogP contribution in [-0.4, -0.2) is 44.6 Å². The van der Waals surface area contributed by atoms with Crippen molar-refractivity contribution in [1.29, 1.82) is 0 Å². The average molecular weight is 326 g/mol. The minimum atomic E-state index is -3.13. The van der Waals surface area contributed by atoms with Crippen molar-refractivity contribution < 1.29 is 13.8 Å². The van der Waals surface area contributed by atoms with Gasteiger partial charge in [0.25, 0.3) is 0 Å². The molecule has 0 fully saturated rings. The van der Waals surface area contributed by atoms with Gasteiger partial charge in [-0.1, -0.05) is 19.1 Å². The summed E-state index contributed by atoms with van der Waals surface area (Å²) in [4.78, 5) is 0. The van der Waals surface area contributed by atoms with Crippen molar-refractivity contribution in [3.63, 3.8) is 0 Å². The van der Waals surface area contributed by atoms with Gasteiger partial charge in [0.1, 0.15) is 0 Å². The van der Waals surface area contributed by atoms with Crippen LogP contribution in [0.15, 0.2) is 24.8 Å². The first-order valence-corrected chi connectivity index (χ1v) is 8.79. The molecule has 0 spiro atoms. The third-order valence-corrected chi connectivity index (χ3v) is 5.84. The summed E-state index contributed by atoms with van der Waals surface area (Å²) in [6.07, 6.45) is 3.36. The molecule has 0 aromatic heterocycles. The fourth-order valence-corrected chi connectivity index (χ4v) is 3.65. The maximum absolute atomic E-state index is 13.1. The van der Waals surface area contributed by atoms with E-state index in [2.05, 4.69) is 12.6 Å². The molecule has 1 rings (SSSR count). The lowest BCUT2D eigenvalue weighted by Crippen LogP contribution is -2.25. The van der Waals surface area contributed by atoms with E-state index in [0.717, 1.165) is 24.0 Å². The van der Waals surface area contributed by atoms with Crippen LogP contribution in [0.2, 0.25) is 0 Å². The topological polar surface area (TPSA) is 42.0 Å². The zero-order valence-electron chi connectivity index (χ0n) is 14.4. The Morgan fingerprint density at radius 2 is 1.82 bits per heavy atom. The molecule has 0 saturated carbocycles. The van der Waals surface area contributed by atoms with Crippen LogP contribution in [0.3, 0.4) is 0 Å². The van der Waals surface area contributed by atoms with Gasteiger partial charge in [-0.05, 0) is 58.2 Å². The standard InChI is InChI=1S/C16H27N2O3P/c1-8-10-13-11-14(9-2)16(15(12-13)20-7)21-22(19,17(3)4)18(5)6/h8,11-12H,1,9-10H2,2-7H3. The smallest absolute Gasteiger partial charge is 0.394 e. The first-order chi connectivity index (χ1) is 10.3. The molecule has 6 heteroatoms. The molecule has 0 N–H and O–H groups in total. The number of allylic oxidation sites excluding steroid dienone is 1. The molecule has 0 atom stereocenters. The molecule has 0 amide bonds. The molecule has 0 aliphatic carbocycles. The Morgan fingerprint density at radius 3 is 2.23 bits per heavy atom. The fraction of sp³-hybridized carbons (Fsp3) is 0.500. The van der Waals surface area contributed by atoms with Crippen molar-refractivity contribution in [2.75, 3.05) is 35.3 Å². The zero-order valence-corrected chi connectivity index (χ0v) is 15.3. The molecule has 1 aromatic carbocycles. The van der Waals surface area contributed by atoms with Crippen molar-refractivity contribution in [2.24, 2.45) is 0 Å². The lowest BCUT2D eigenvalue weighted by atomic mass is 10.0. The summed E-state index contributed by atoms with van der Waals surface area (Å²) in [7, 11) is 5.43. The van der Waals surface area contributed by atoms with Crippen LogP contribution in [0.1, 0.15) is 18.1 Å². The van der Waals surface area contributed by atoms with Crippen LogP contribution in [0, 0.1) is 0 Å². The third-order valence-electron chi connectivity index (χ3n) is 3.39. The number of hydrogen-bond acceptors (Lipinski definition) is 3. The summed E-state index contributed by atoms with van der Waals surface area (Å²) in [5, 5.41) is 0. The van der Waals surface area contributed by atoms with E-state index in [9.17, 15) is 4.57 Å². The van der Waals surface area contributed by atoms with Gasteiger partial charge in [0.15, 0.2) is 11.5 Å². The van der Waals surface area contributed by atoms with Crippen LogP contribution in [0.5, 0.6) is 11.5 Å². The summed E-state index contributed by atoms with van der Waals surface area (Å²) in [6, 6.07) is 3.96. The first kappa shape index (κ1) is 18.8. The van der Waals surface area contributed by atoms with Gasteiger partial charge in [-0.15, -0.1) is 6.58 Å². The number of nitrogens with zero attached hydrogens (tertiary/aromatic N) is 2. The highest BCUT2D eigenvalue weighted by Crippen LogP contribution is 2.53. The summed E-state index contributed by atoms with van der Waals surface area (Å²) in [5.74, 6) is 1.14. The number of methoxy groups -OCH3 is 1. The third kappa shape index (κ3) is 3.92. The summed E-state index contributed by atoms with van der Waals surface area (Å²) in [5.41, 5.74) is 2.07. The Bertz CT molecular complexity index is 534. The number of ether oxygens (including phenoxy) is 1. The minimum Gasteiger partial charge on any atom is -0.493 e. The minimum absolute atomic E-state index is 0.545. The van der Waals surface area contributed by atoms with Crippen LogP contribution in [-0.2, 0) is 17.4 Å². The summed E-state index contributed by atoms with van der Waals surface area (Å²) < 4.78 is 27.7. The molecule has 0 aliphatic rings. The zero-order chi connectivity index (χ0) is 16.9. The van der Waals surface area contributed by atoms with Crippen molar-refractivity contribution in [1.82, 2.24) is 9.34 Å². The van der Waals surface area contributed by atoms with E-state index < -0.39 is 7.67 Å². The highest BCUT2D eigenvalue weighted by Gasteiger charge is 2.33. The largest absolute Gasteiger partial charge is 0.493 e. The number of benzene rings is 1. The van der Waals surface area contributed by atoms with Crippen LogP contribution in [0.4, 0.5) is 0 Å². The quantitative estimate of drug-likeness (QED) is 0.539. The molecule has 0 heterocycles. The van der Waals surface area contributed by atoms with E-state index in [1.807, 2.05) is 19.1 Å². The fourth-order valence-electron chi connectivity index (χ4n) is 2.17. The molecule has 1 aromatic rings. The maximum atomic E-state index is 13.1. The van der Waals surface area contributed by atoms with Gasteiger partial charge in [-0.3, -0.25) is 0 Å². The summed E-state index contributed by atoms with van der Waals surface area (Å²) in [6.45, 7) is 5.80. The van der Waals surface area contributed by atoms with Gasteiger partial charge < -0.3 is 9.26 Å². The lowest BCUT2D eigenvalue weighted by Gasteiger charge is -2.31. The predicted octanol–water partition coefficient (Wildman–Crippen LogP) is 3.60. The molecular formula is C16H27N2O3P. The molecule has 22 heavy (non-hydrogen) atoms. The van der Waals surface area contributed by atoms with Crippen LogP contribution < -0.4 is 9.26 Å². The molecule has 5 nitrogen and oxygen atoms in total. The second kappa shape index (κ2) is 7.82. The SMILES string of the molecule is C=CCc1cc(CC)c(OP(=O)(N(C)C)N(C)C)c(OC)c1. The van der Waals surface area contributed by atoms with Crippen molar-refractivity contribution in [2.45, 2.75) is 19.8 Å². The average Bonchev–Trinajstić information content (AvgIpc) is 2.47. The molecule has 0 saturated heterocycles. The normalized spacial score (nSPS) is 11.8. The van der Waals surface area contributed by atoms with Gasteiger partial charge in [-0.2, -0.15) is 0 Å². The van der Waals surface area contributed by atoms with Crippen LogP contribution >= 0.6 is 7.67 Å². The van der Waals surface area contributed by atoms with Gasteiger partial charge >= 0.3 is 7.67 Å². The van der Waals surface area contributed by atoms with E-state index >= 15 is 0 Å². The van der Waals surface area contributed by atoms with Gasteiger partial charge in [-0.25, -0.2) is 13.9 Å². The highest BCUT2D eigenvalue weighted by molar-refractivity contribution is 7.54. The first-order valence-electron chi connectivity index (χ1n) is 7.26. The molecule has 0 radical (unpaired) electrons. The van der Waals surface area contributed by atoms with Crippen molar-refractivity contribution >= 4 is 7.67 Å². The Labute approximate surface area is 134 Å². The monoisotopic (exact) mass is 326 g/mol. The van der Waals surface area contributed by atoms with E-state index in [1.165, 1.54) is 0 Å². The van der Waals surface area contributed by atoms with Gasteiger partial charge in [0, 0.05) is 0 Å². The van der Waals surface area contributed by atoms with E-state index in [1.54, 1.807) is 44.6 Å². The maximum Gasteiger partial charge on any atom is 0.394 e. The predicted molar refractivity (Wildman–Crippen MR) is 91.9 cm³/mol. The Kier molecular flexibility index (Phi) is 6.66. The second-order valence-electron chi connectivity index (χ2n) is 5.41. The lowest BCUT2D eigenvalue weighted by molar-refractivity contribution is 0.336. The molecule has 0 bridgehead atoms. The van der Waals surface area contributed by atoms with E-state index in [-0.39, 0.29) is 0 Å². The van der Waals surface area contributed by atoms with Gasteiger partial charge in [0.05, 0.1) is 7.11 Å². The van der Waals surface area contributed by atoms with E-state index in [0.29, 0.717) is 11.5 Å².